The Labute approximate surface area is 138 Å². The second-order valence-electron chi connectivity index (χ2n) is 5.63. The van der Waals surface area contributed by atoms with E-state index >= 15 is 0 Å². The number of nitrogens with two attached hydrogens (primary N) is 1. The number of anilines is 2. The number of pyridine rings is 2. The number of aromatic nitrogens is 5. The first-order chi connectivity index (χ1) is 11.7. The second kappa shape index (κ2) is 5.69. The van der Waals surface area contributed by atoms with Crippen LogP contribution in [-0.2, 0) is 13.6 Å². The molecule has 0 aliphatic heterocycles. The Hall–Kier alpha value is -3.35. The van der Waals surface area contributed by atoms with Gasteiger partial charge in [-0.25, -0.2) is 9.97 Å². The van der Waals surface area contributed by atoms with Crippen molar-refractivity contribution in [3.05, 3.63) is 54.6 Å². The van der Waals surface area contributed by atoms with Crippen molar-refractivity contribution in [3.63, 3.8) is 0 Å². The van der Waals surface area contributed by atoms with Gasteiger partial charge in [0, 0.05) is 36.1 Å². The predicted octanol–water partition coefficient (Wildman–Crippen LogP) is 2.55. The van der Waals surface area contributed by atoms with Gasteiger partial charge in [0.05, 0.1) is 24.1 Å². The van der Waals surface area contributed by atoms with Crippen molar-refractivity contribution < 1.29 is 0 Å². The number of H-pyrrole nitrogens is 1. The SMILES string of the molecule is Cn1cc(-c2ccc(N)c(NCc3cc4cccnc4[nH]3)n2)cn1. The molecular formula is C17H17N7. The minimum Gasteiger partial charge on any atom is -0.396 e. The summed E-state index contributed by atoms with van der Waals surface area (Å²) in [6.07, 6.45) is 5.48. The Balaban J connectivity index is 1.57. The van der Waals surface area contributed by atoms with Gasteiger partial charge in [-0.3, -0.25) is 4.68 Å². The van der Waals surface area contributed by atoms with Crippen LogP contribution in [0.5, 0.6) is 0 Å². The summed E-state index contributed by atoms with van der Waals surface area (Å²) in [5, 5.41) is 8.54. The molecule has 0 fully saturated rings. The minimum atomic E-state index is 0.587. The van der Waals surface area contributed by atoms with Crippen LogP contribution in [0.3, 0.4) is 0 Å². The van der Waals surface area contributed by atoms with Crippen molar-refractivity contribution in [2.45, 2.75) is 6.54 Å². The van der Waals surface area contributed by atoms with Crippen LogP contribution in [0.4, 0.5) is 11.5 Å². The van der Waals surface area contributed by atoms with Crippen LogP contribution < -0.4 is 11.1 Å². The van der Waals surface area contributed by atoms with Gasteiger partial charge in [0.25, 0.3) is 0 Å². The van der Waals surface area contributed by atoms with Crippen LogP contribution in [0.15, 0.2) is 48.9 Å². The highest BCUT2D eigenvalue weighted by atomic mass is 15.2. The molecule has 0 atom stereocenters. The van der Waals surface area contributed by atoms with Gasteiger partial charge in [0.1, 0.15) is 11.5 Å². The van der Waals surface area contributed by atoms with E-state index in [1.807, 2.05) is 37.5 Å². The van der Waals surface area contributed by atoms with Crippen LogP contribution in [-0.4, -0.2) is 24.7 Å². The van der Waals surface area contributed by atoms with E-state index in [2.05, 4.69) is 31.4 Å². The molecular weight excluding hydrogens is 302 g/mol. The van der Waals surface area contributed by atoms with E-state index in [0.717, 1.165) is 28.0 Å². The third kappa shape index (κ3) is 2.67. The zero-order chi connectivity index (χ0) is 16.5. The summed E-state index contributed by atoms with van der Waals surface area (Å²) in [6, 6.07) is 9.76. The van der Waals surface area contributed by atoms with Gasteiger partial charge < -0.3 is 16.0 Å². The van der Waals surface area contributed by atoms with E-state index in [-0.39, 0.29) is 0 Å². The molecule has 0 saturated heterocycles. The summed E-state index contributed by atoms with van der Waals surface area (Å²) in [4.78, 5) is 12.2. The highest BCUT2D eigenvalue weighted by molar-refractivity contribution is 5.76. The maximum absolute atomic E-state index is 6.04. The quantitative estimate of drug-likeness (QED) is 0.537. The van der Waals surface area contributed by atoms with Gasteiger partial charge in [-0.15, -0.1) is 0 Å². The lowest BCUT2D eigenvalue weighted by Gasteiger charge is -2.09. The van der Waals surface area contributed by atoms with Crippen molar-refractivity contribution in [3.8, 4) is 11.3 Å². The molecule has 0 spiro atoms. The third-order valence-electron chi connectivity index (χ3n) is 3.82. The molecule has 0 aliphatic carbocycles. The van der Waals surface area contributed by atoms with Crippen molar-refractivity contribution in [2.75, 3.05) is 11.1 Å². The standard InChI is InChI=1S/C17H17N7/c1-24-10-12(8-21-24)15-5-4-14(18)17(23-15)20-9-13-7-11-3-2-6-19-16(11)22-13/h2-8,10H,9,18H2,1H3,(H,19,22)(H,20,23). The van der Waals surface area contributed by atoms with E-state index in [9.17, 15) is 0 Å². The number of nitrogens with one attached hydrogen (secondary N) is 2. The maximum atomic E-state index is 6.04. The number of nitrogens with zero attached hydrogens (tertiary/aromatic N) is 4. The molecule has 7 heteroatoms. The van der Waals surface area contributed by atoms with Crippen LogP contribution in [0.25, 0.3) is 22.3 Å². The van der Waals surface area contributed by atoms with E-state index in [1.165, 1.54) is 0 Å². The summed E-state index contributed by atoms with van der Waals surface area (Å²) in [5.41, 5.74) is 10.3. The number of aryl methyl sites for hydroxylation is 1. The normalized spacial score (nSPS) is 11.0. The van der Waals surface area contributed by atoms with Crippen LogP contribution >= 0.6 is 0 Å². The molecule has 0 saturated carbocycles. The van der Waals surface area contributed by atoms with Crippen LogP contribution in [0.2, 0.25) is 0 Å². The van der Waals surface area contributed by atoms with Crippen molar-refractivity contribution in [1.82, 2.24) is 24.7 Å². The van der Waals surface area contributed by atoms with E-state index in [1.54, 1.807) is 17.1 Å². The van der Waals surface area contributed by atoms with Gasteiger partial charge >= 0.3 is 0 Å². The first-order valence-corrected chi connectivity index (χ1v) is 7.61. The van der Waals surface area contributed by atoms with E-state index in [0.29, 0.717) is 18.1 Å². The molecule has 24 heavy (non-hydrogen) atoms. The smallest absolute Gasteiger partial charge is 0.150 e. The Bertz CT molecular complexity index is 966. The Kier molecular flexibility index (Phi) is 3.38. The fourth-order valence-corrected chi connectivity index (χ4v) is 2.61. The first kappa shape index (κ1) is 14.3. The largest absolute Gasteiger partial charge is 0.396 e. The highest BCUT2D eigenvalue weighted by Gasteiger charge is 2.08. The Morgan fingerprint density at radius 1 is 1.29 bits per heavy atom. The molecule has 4 rings (SSSR count). The predicted molar refractivity (Wildman–Crippen MR) is 94.3 cm³/mol. The van der Waals surface area contributed by atoms with Gasteiger partial charge in [0.15, 0.2) is 0 Å². The minimum absolute atomic E-state index is 0.587. The molecule has 4 aromatic heterocycles. The maximum Gasteiger partial charge on any atom is 0.150 e. The van der Waals surface area contributed by atoms with Crippen molar-refractivity contribution >= 4 is 22.5 Å². The zero-order valence-electron chi connectivity index (χ0n) is 13.2. The van der Waals surface area contributed by atoms with E-state index < -0.39 is 0 Å². The Morgan fingerprint density at radius 3 is 3.00 bits per heavy atom. The lowest BCUT2D eigenvalue weighted by atomic mass is 10.2. The molecule has 0 radical (unpaired) electrons. The van der Waals surface area contributed by atoms with Gasteiger partial charge in [-0.1, -0.05) is 0 Å². The molecule has 0 aliphatic rings. The first-order valence-electron chi connectivity index (χ1n) is 7.61. The lowest BCUT2D eigenvalue weighted by molar-refractivity contribution is 0.768. The number of rotatable bonds is 4. The number of hydrogen-bond acceptors (Lipinski definition) is 5. The molecule has 4 heterocycles. The molecule has 4 aromatic rings. The lowest BCUT2D eigenvalue weighted by Crippen LogP contribution is -2.05. The highest BCUT2D eigenvalue weighted by Crippen LogP contribution is 2.23. The molecule has 7 nitrogen and oxygen atoms in total. The van der Waals surface area contributed by atoms with Gasteiger partial charge in [-0.05, 0) is 30.3 Å². The summed E-state index contributed by atoms with van der Waals surface area (Å²) in [7, 11) is 1.88. The fourth-order valence-electron chi connectivity index (χ4n) is 2.61. The summed E-state index contributed by atoms with van der Waals surface area (Å²) in [6.45, 7) is 0.587. The average Bonchev–Trinajstić information content (AvgIpc) is 3.20. The van der Waals surface area contributed by atoms with Crippen LogP contribution in [0, 0.1) is 0 Å². The Morgan fingerprint density at radius 2 is 2.21 bits per heavy atom. The number of nitrogen functional groups attached to an aromatic ring is 1. The summed E-state index contributed by atoms with van der Waals surface area (Å²) in [5.74, 6) is 0.656. The van der Waals surface area contributed by atoms with Crippen molar-refractivity contribution in [1.29, 1.82) is 0 Å². The topological polar surface area (TPSA) is 97.4 Å². The zero-order valence-corrected chi connectivity index (χ0v) is 13.2. The number of hydrogen-bond donors (Lipinski definition) is 3. The third-order valence-corrected chi connectivity index (χ3v) is 3.82. The second-order valence-corrected chi connectivity index (χ2v) is 5.63. The molecule has 0 amide bonds. The molecule has 4 N–H and O–H groups in total. The summed E-state index contributed by atoms with van der Waals surface area (Å²) >= 11 is 0. The number of fused-ring (bicyclic) bond motifs is 1. The molecule has 0 unspecified atom stereocenters. The number of aromatic amines is 1. The molecule has 0 bridgehead atoms. The molecule has 0 aromatic carbocycles. The van der Waals surface area contributed by atoms with Crippen LogP contribution in [0.1, 0.15) is 5.69 Å². The van der Waals surface area contributed by atoms with Gasteiger partial charge in [-0.2, -0.15) is 5.10 Å². The van der Waals surface area contributed by atoms with E-state index in [4.69, 9.17) is 5.73 Å². The van der Waals surface area contributed by atoms with Crippen molar-refractivity contribution in [2.24, 2.45) is 7.05 Å². The fraction of sp³-hybridized carbons (Fsp3) is 0.118. The van der Waals surface area contributed by atoms with Gasteiger partial charge in [0.2, 0.25) is 0 Å². The summed E-state index contributed by atoms with van der Waals surface area (Å²) < 4.78 is 1.75. The average molecular weight is 319 g/mol. The molecule has 120 valence electrons. The monoisotopic (exact) mass is 319 g/mol.